The van der Waals surface area contributed by atoms with Gasteiger partial charge in [-0.25, -0.2) is 9.18 Å². The van der Waals surface area contributed by atoms with Crippen molar-refractivity contribution in [3.63, 3.8) is 0 Å². The summed E-state index contributed by atoms with van der Waals surface area (Å²) in [6, 6.07) is 5.01. The maximum absolute atomic E-state index is 13.1. The molecule has 0 fully saturated rings. The van der Waals surface area contributed by atoms with Gasteiger partial charge in [0.2, 0.25) is 0 Å². The first-order chi connectivity index (χ1) is 9.92. The van der Waals surface area contributed by atoms with E-state index in [1.165, 1.54) is 17.4 Å². The zero-order valence-corrected chi connectivity index (χ0v) is 12.4. The molecule has 0 bridgehead atoms. The molecule has 1 heterocycles. The van der Waals surface area contributed by atoms with Crippen LogP contribution in [0.2, 0.25) is 0 Å². The minimum absolute atomic E-state index is 0.0815. The first kappa shape index (κ1) is 15.2. The normalized spacial score (nSPS) is 10.4. The Labute approximate surface area is 125 Å². The Morgan fingerprint density at radius 3 is 2.62 bits per heavy atom. The molecule has 0 radical (unpaired) electrons. The van der Waals surface area contributed by atoms with Crippen molar-refractivity contribution in [3.8, 4) is 0 Å². The van der Waals surface area contributed by atoms with Crippen LogP contribution < -0.4 is 5.32 Å². The van der Waals surface area contributed by atoms with Crippen molar-refractivity contribution >= 4 is 28.9 Å². The Balaban J connectivity index is 2.29. The van der Waals surface area contributed by atoms with E-state index in [9.17, 15) is 14.0 Å². The van der Waals surface area contributed by atoms with Gasteiger partial charge in [0.1, 0.15) is 5.82 Å². The summed E-state index contributed by atoms with van der Waals surface area (Å²) in [6.45, 7) is 3.93. The van der Waals surface area contributed by atoms with Crippen LogP contribution in [0.4, 0.5) is 10.1 Å². The van der Waals surface area contributed by atoms with E-state index >= 15 is 0 Å². The highest BCUT2D eigenvalue weighted by Gasteiger charge is 2.16. The van der Waals surface area contributed by atoms with Crippen LogP contribution in [0.3, 0.4) is 0 Å². The first-order valence-corrected chi connectivity index (χ1v) is 7.17. The molecule has 0 unspecified atom stereocenters. The summed E-state index contributed by atoms with van der Waals surface area (Å²) in [5, 5.41) is 11.6. The highest BCUT2D eigenvalue weighted by Crippen LogP contribution is 2.24. The third-order valence-electron chi connectivity index (χ3n) is 3.03. The molecule has 4 nitrogen and oxygen atoms in total. The number of carboxylic acids is 1. The maximum Gasteiger partial charge on any atom is 0.337 e. The number of amides is 1. The summed E-state index contributed by atoms with van der Waals surface area (Å²) in [7, 11) is 0. The van der Waals surface area contributed by atoms with Gasteiger partial charge in [0, 0.05) is 4.88 Å². The summed E-state index contributed by atoms with van der Waals surface area (Å²) >= 11 is 1.37. The van der Waals surface area contributed by atoms with Crippen LogP contribution >= 0.6 is 11.3 Å². The summed E-state index contributed by atoms with van der Waals surface area (Å²) < 4.78 is 13.1. The zero-order chi connectivity index (χ0) is 15.6. The van der Waals surface area contributed by atoms with E-state index < -0.39 is 17.7 Å². The van der Waals surface area contributed by atoms with E-state index in [1.54, 1.807) is 6.07 Å². The molecule has 0 aliphatic rings. The third-order valence-corrected chi connectivity index (χ3v) is 4.41. The monoisotopic (exact) mass is 307 g/mol. The van der Waals surface area contributed by atoms with E-state index in [0.717, 1.165) is 29.0 Å². The number of hydrogen-bond donors (Lipinski definition) is 2. The van der Waals surface area contributed by atoms with Crippen LogP contribution in [0.25, 0.3) is 0 Å². The van der Waals surface area contributed by atoms with Crippen molar-refractivity contribution in [1.82, 2.24) is 0 Å². The molecule has 2 aromatic rings. The minimum atomic E-state index is -1.29. The smallest absolute Gasteiger partial charge is 0.337 e. The quantitative estimate of drug-likeness (QED) is 0.905. The largest absolute Gasteiger partial charge is 0.478 e. The highest BCUT2D eigenvalue weighted by atomic mass is 32.1. The number of halogens is 1. The molecule has 0 aliphatic heterocycles. The number of thiophene rings is 1. The van der Waals surface area contributed by atoms with Crippen molar-refractivity contribution < 1.29 is 19.1 Å². The van der Waals surface area contributed by atoms with Crippen LogP contribution in [0.15, 0.2) is 24.3 Å². The molecule has 6 heteroatoms. The summed E-state index contributed by atoms with van der Waals surface area (Å²) in [6.07, 6.45) is 0.834. The number of nitrogens with one attached hydrogen (secondary N) is 1. The molecule has 110 valence electrons. The Hall–Kier alpha value is -2.21. The van der Waals surface area contributed by atoms with Gasteiger partial charge in [-0.15, -0.1) is 11.3 Å². The van der Waals surface area contributed by atoms with Gasteiger partial charge < -0.3 is 10.4 Å². The van der Waals surface area contributed by atoms with Crippen LogP contribution in [0, 0.1) is 12.7 Å². The molecule has 1 aromatic carbocycles. The molecule has 0 saturated heterocycles. The van der Waals surface area contributed by atoms with E-state index in [4.69, 9.17) is 5.11 Å². The van der Waals surface area contributed by atoms with E-state index in [-0.39, 0.29) is 11.3 Å². The second-order valence-corrected chi connectivity index (χ2v) is 5.66. The highest BCUT2D eigenvalue weighted by molar-refractivity contribution is 7.14. The van der Waals surface area contributed by atoms with E-state index in [2.05, 4.69) is 5.32 Å². The van der Waals surface area contributed by atoms with Gasteiger partial charge in [-0.05, 0) is 43.2 Å². The predicted octanol–water partition coefficient (Wildman–Crippen LogP) is 3.71. The van der Waals surface area contributed by atoms with Gasteiger partial charge in [-0.1, -0.05) is 6.92 Å². The Morgan fingerprint density at radius 1 is 1.33 bits per heavy atom. The Bertz CT molecular complexity index is 709. The predicted molar refractivity (Wildman–Crippen MR) is 79.7 cm³/mol. The van der Waals surface area contributed by atoms with Crippen LogP contribution in [0.1, 0.15) is 37.4 Å². The van der Waals surface area contributed by atoms with Crippen LogP contribution in [-0.4, -0.2) is 17.0 Å². The summed E-state index contributed by atoms with van der Waals surface area (Å²) in [4.78, 5) is 24.9. The molecule has 0 atom stereocenters. The molecule has 2 N–H and O–H groups in total. The van der Waals surface area contributed by atoms with Crippen molar-refractivity contribution in [3.05, 3.63) is 51.0 Å². The number of carboxylic acid groups (broad SMARTS) is 1. The number of aromatic carboxylic acids is 1. The second kappa shape index (κ2) is 6.05. The Kier molecular flexibility index (Phi) is 4.37. The van der Waals surface area contributed by atoms with Gasteiger partial charge in [0.15, 0.2) is 0 Å². The number of aryl methyl sites for hydroxylation is 2. The molecule has 1 amide bonds. The van der Waals surface area contributed by atoms with Crippen molar-refractivity contribution in [2.24, 2.45) is 0 Å². The lowest BCUT2D eigenvalue weighted by molar-refractivity contribution is 0.0697. The lowest BCUT2D eigenvalue weighted by Gasteiger charge is -2.07. The average Bonchev–Trinajstić information content (AvgIpc) is 2.81. The van der Waals surface area contributed by atoms with Crippen molar-refractivity contribution in [2.75, 3.05) is 5.32 Å². The number of carbonyl (C=O) groups excluding carboxylic acids is 1. The summed E-state index contributed by atoms with van der Waals surface area (Å²) in [5.41, 5.74) is 0.843. The van der Waals surface area contributed by atoms with Gasteiger partial charge in [0.25, 0.3) is 5.91 Å². The number of rotatable bonds is 4. The SMILES string of the molecule is CCc1sc(C(=O)Nc2ccc(F)cc2C(=O)O)cc1C. The van der Waals surface area contributed by atoms with Gasteiger partial charge >= 0.3 is 5.97 Å². The number of hydrogen-bond acceptors (Lipinski definition) is 3. The fourth-order valence-corrected chi connectivity index (χ4v) is 2.98. The lowest BCUT2D eigenvalue weighted by atomic mass is 10.1. The fraction of sp³-hybridized carbons (Fsp3) is 0.200. The topological polar surface area (TPSA) is 66.4 Å². The molecule has 21 heavy (non-hydrogen) atoms. The maximum atomic E-state index is 13.1. The molecule has 1 aromatic heterocycles. The average molecular weight is 307 g/mol. The molecular weight excluding hydrogens is 293 g/mol. The van der Waals surface area contributed by atoms with Crippen molar-refractivity contribution in [2.45, 2.75) is 20.3 Å². The molecule has 0 spiro atoms. The number of carbonyl (C=O) groups is 2. The van der Waals surface area contributed by atoms with Gasteiger partial charge in [-0.2, -0.15) is 0 Å². The minimum Gasteiger partial charge on any atom is -0.478 e. The zero-order valence-electron chi connectivity index (χ0n) is 11.6. The van der Waals surface area contributed by atoms with Gasteiger partial charge in [0.05, 0.1) is 16.1 Å². The third kappa shape index (κ3) is 3.28. The first-order valence-electron chi connectivity index (χ1n) is 6.36. The number of benzene rings is 1. The van der Waals surface area contributed by atoms with Gasteiger partial charge in [-0.3, -0.25) is 4.79 Å². The molecule has 0 aliphatic carbocycles. The summed E-state index contributed by atoms with van der Waals surface area (Å²) in [5.74, 6) is -2.34. The Morgan fingerprint density at radius 2 is 2.05 bits per heavy atom. The molecule has 2 rings (SSSR count). The standard InChI is InChI=1S/C15H14FNO3S/c1-3-12-8(2)6-13(21-12)14(18)17-11-5-4-9(16)7-10(11)15(19)20/h4-7H,3H2,1-2H3,(H,17,18)(H,19,20). The lowest BCUT2D eigenvalue weighted by Crippen LogP contribution is -2.13. The second-order valence-electron chi connectivity index (χ2n) is 4.52. The van der Waals surface area contributed by atoms with Crippen molar-refractivity contribution in [1.29, 1.82) is 0 Å². The molecule has 0 saturated carbocycles. The molecular formula is C15H14FNO3S. The van der Waals surface area contributed by atoms with Crippen LogP contribution in [-0.2, 0) is 6.42 Å². The van der Waals surface area contributed by atoms with Crippen LogP contribution in [0.5, 0.6) is 0 Å². The fourth-order valence-electron chi connectivity index (χ4n) is 1.97. The van der Waals surface area contributed by atoms with E-state index in [0.29, 0.717) is 4.88 Å². The number of anilines is 1. The van der Waals surface area contributed by atoms with E-state index in [1.807, 2.05) is 13.8 Å².